The van der Waals surface area contributed by atoms with E-state index in [1.54, 1.807) is 13.8 Å². The summed E-state index contributed by atoms with van der Waals surface area (Å²) in [5.74, 6) is 0.390. The van der Waals surface area contributed by atoms with Gasteiger partial charge in [-0.05, 0) is 74.6 Å². The zero-order chi connectivity index (χ0) is 24.3. The monoisotopic (exact) mass is 487 g/mol. The highest BCUT2D eigenvalue weighted by Crippen LogP contribution is 2.35. The molecule has 0 saturated carbocycles. The topological polar surface area (TPSA) is 90.2 Å². The summed E-state index contributed by atoms with van der Waals surface area (Å²) in [6, 6.07) is 13.8. The Morgan fingerprint density at radius 1 is 1.09 bits per heavy atom. The van der Waals surface area contributed by atoms with Gasteiger partial charge in [-0.25, -0.2) is 4.79 Å². The third-order valence-electron chi connectivity index (χ3n) is 5.89. The standard InChI is InChI=1S/C26H30ClNO6/c1-4-11-31-22-10-8-18(13-20(22)27)6-5-17-7-9-21-19(12-17)14-23(34-21)26(28-24(29)30)15-32-25(2,3)33-16-26/h7-10,12-14,28H,4-6,11,15-16H2,1-3H3,(H,29,30). The number of fused-ring (bicyclic) bond motifs is 1. The molecule has 0 unspecified atom stereocenters. The van der Waals surface area contributed by atoms with Crippen molar-refractivity contribution in [1.82, 2.24) is 5.32 Å². The van der Waals surface area contributed by atoms with Crippen LogP contribution in [0.2, 0.25) is 5.02 Å². The summed E-state index contributed by atoms with van der Waals surface area (Å²) in [5, 5.41) is 13.5. The maximum Gasteiger partial charge on any atom is 0.405 e. The van der Waals surface area contributed by atoms with Crippen molar-refractivity contribution in [2.45, 2.75) is 51.4 Å². The summed E-state index contributed by atoms with van der Waals surface area (Å²) < 4.78 is 23.2. The van der Waals surface area contributed by atoms with Gasteiger partial charge in [0.1, 0.15) is 22.6 Å². The summed E-state index contributed by atoms with van der Waals surface area (Å²) >= 11 is 6.36. The van der Waals surface area contributed by atoms with Gasteiger partial charge in [-0.3, -0.25) is 0 Å². The predicted octanol–water partition coefficient (Wildman–Crippen LogP) is 5.91. The number of hydrogen-bond acceptors (Lipinski definition) is 5. The molecule has 4 rings (SSSR count). The number of carboxylic acid groups (broad SMARTS) is 1. The van der Waals surface area contributed by atoms with Gasteiger partial charge in [0.05, 0.1) is 24.8 Å². The van der Waals surface area contributed by atoms with Gasteiger partial charge in [-0.1, -0.05) is 30.7 Å². The fourth-order valence-corrected chi connectivity index (χ4v) is 4.22. The average molecular weight is 488 g/mol. The molecule has 7 nitrogen and oxygen atoms in total. The van der Waals surface area contributed by atoms with E-state index in [2.05, 4.69) is 18.3 Å². The van der Waals surface area contributed by atoms with Crippen molar-refractivity contribution < 1.29 is 28.5 Å². The quantitative estimate of drug-likeness (QED) is 0.410. The molecule has 34 heavy (non-hydrogen) atoms. The van der Waals surface area contributed by atoms with Gasteiger partial charge < -0.3 is 29.1 Å². The molecule has 0 atom stereocenters. The van der Waals surface area contributed by atoms with E-state index in [1.807, 2.05) is 36.4 Å². The van der Waals surface area contributed by atoms with Crippen molar-refractivity contribution >= 4 is 28.7 Å². The lowest BCUT2D eigenvalue weighted by molar-refractivity contribution is -0.274. The van der Waals surface area contributed by atoms with Gasteiger partial charge >= 0.3 is 6.09 Å². The first-order valence-electron chi connectivity index (χ1n) is 11.4. The second kappa shape index (κ2) is 9.86. The van der Waals surface area contributed by atoms with Crippen LogP contribution in [0.25, 0.3) is 11.0 Å². The Kier molecular flexibility index (Phi) is 7.07. The van der Waals surface area contributed by atoms with E-state index < -0.39 is 17.4 Å². The molecule has 8 heteroatoms. The molecule has 1 fully saturated rings. The average Bonchev–Trinajstić information content (AvgIpc) is 3.22. The fourth-order valence-electron chi connectivity index (χ4n) is 3.96. The molecule has 2 N–H and O–H groups in total. The van der Waals surface area contributed by atoms with Gasteiger partial charge in [0.25, 0.3) is 0 Å². The van der Waals surface area contributed by atoms with Crippen LogP contribution in [-0.4, -0.2) is 36.8 Å². The Hall–Kier alpha value is -2.74. The minimum absolute atomic E-state index is 0.109. The van der Waals surface area contributed by atoms with Gasteiger partial charge in [-0.2, -0.15) is 0 Å². The van der Waals surface area contributed by atoms with Crippen LogP contribution < -0.4 is 10.1 Å². The molecule has 1 aliphatic heterocycles. The number of nitrogens with one attached hydrogen (secondary N) is 1. The van der Waals surface area contributed by atoms with Crippen molar-refractivity contribution in [3.8, 4) is 5.75 Å². The largest absolute Gasteiger partial charge is 0.492 e. The molecule has 182 valence electrons. The molecule has 0 spiro atoms. The third-order valence-corrected chi connectivity index (χ3v) is 6.19. The lowest BCUT2D eigenvalue weighted by Gasteiger charge is -2.41. The number of rotatable bonds is 8. The van der Waals surface area contributed by atoms with Crippen LogP contribution in [0.5, 0.6) is 5.75 Å². The van der Waals surface area contributed by atoms with Crippen LogP contribution in [0.4, 0.5) is 4.79 Å². The van der Waals surface area contributed by atoms with Gasteiger partial charge in [0, 0.05) is 5.39 Å². The summed E-state index contributed by atoms with van der Waals surface area (Å²) in [6.07, 6.45) is 1.41. The summed E-state index contributed by atoms with van der Waals surface area (Å²) in [7, 11) is 0. The summed E-state index contributed by atoms with van der Waals surface area (Å²) in [5.41, 5.74) is 1.83. The zero-order valence-electron chi connectivity index (χ0n) is 19.7. The second-order valence-electron chi connectivity index (χ2n) is 9.09. The van der Waals surface area contributed by atoms with Crippen LogP contribution in [0, 0.1) is 0 Å². The molecule has 1 aliphatic rings. The first-order chi connectivity index (χ1) is 16.2. The number of aryl methyl sites for hydroxylation is 2. The molecule has 0 bridgehead atoms. The molecule has 1 aromatic heterocycles. The highest BCUT2D eigenvalue weighted by atomic mass is 35.5. The minimum atomic E-state index is -1.17. The Morgan fingerprint density at radius 3 is 2.41 bits per heavy atom. The number of amides is 1. The number of halogens is 1. The first kappa shape index (κ1) is 24.4. The molecule has 0 aliphatic carbocycles. The van der Waals surface area contributed by atoms with Gasteiger partial charge in [-0.15, -0.1) is 0 Å². The van der Waals surface area contributed by atoms with E-state index in [9.17, 15) is 9.90 Å². The maximum atomic E-state index is 11.5. The zero-order valence-corrected chi connectivity index (χ0v) is 20.4. The Balaban J connectivity index is 1.50. The van der Waals surface area contributed by atoms with Crippen molar-refractivity contribution in [1.29, 1.82) is 0 Å². The summed E-state index contributed by atoms with van der Waals surface area (Å²) in [6.45, 7) is 6.51. The van der Waals surface area contributed by atoms with Crippen LogP contribution in [0.15, 0.2) is 46.9 Å². The van der Waals surface area contributed by atoms with Gasteiger partial charge in [0.2, 0.25) is 0 Å². The molecule has 1 saturated heterocycles. The Labute approximate surface area is 203 Å². The highest BCUT2D eigenvalue weighted by molar-refractivity contribution is 6.32. The minimum Gasteiger partial charge on any atom is -0.492 e. The fraction of sp³-hybridized carbons (Fsp3) is 0.423. The van der Waals surface area contributed by atoms with E-state index in [0.29, 0.717) is 28.7 Å². The van der Waals surface area contributed by atoms with Gasteiger partial charge in [0.15, 0.2) is 5.79 Å². The Bertz CT molecular complexity index is 1160. The molecule has 1 amide bonds. The Morgan fingerprint density at radius 2 is 1.76 bits per heavy atom. The number of ether oxygens (including phenoxy) is 3. The second-order valence-corrected chi connectivity index (χ2v) is 9.49. The number of benzene rings is 2. The first-order valence-corrected chi connectivity index (χ1v) is 11.8. The third kappa shape index (κ3) is 5.49. The normalized spacial score (nSPS) is 16.9. The molecule has 2 aromatic carbocycles. The number of furan rings is 1. The smallest absolute Gasteiger partial charge is 0.405 e. The van der Waals surface area contributed by atoms with Crippen LogP contribution in [-0.2, 0) is 27.9 Å². The number of hydrogen-bond donors (Lipinski definition) is 2. The van der Waals surface area contributed by atoms with Crippen LogP contribution in [0.3, 0.4) is 0 Å². The predicted molar refractivity (Wildman–Crippen MR) is 130 cm³/mol. The van der Waals surface area contributed by atoms with Crippen molar-refractivity contribution in [3.05, 3.63) is 64.4 Å². The van der Waals surface area contributed by atoms with Crippen LogP contribution in [0.1, 0.15) is 44.1 Å². The molecule has 3 aromatic rings. The molecular formula is C26H30ClNO6. The van der Waals surface area contributed by atoms with E-state index in [0.717, 1.165) is 35.8 Å². The van der Waals surface area contributed by atoms with E-state index in [1.165, 1.54) is 0 Å². The molecule has 2 heterocycles. The highest BCUT2D eigenvalue weighted by Gasteiger charge is 2.45. The maximum absolute atomic E-state index is 11.5. The molecular weight excluding hydrogens is 458 g/mol. The SMILES string of the molecule is CCCOc1ccc(CCc2ccc3oc(C4(NC(=O)O)COC(C)(C)OC4)cc3c2)cc1Cl. The lowest BCUT2D eigenvalue weighted by atomic mass is 9.96. The van der Waals surface area contributed by atoms with E-state index >= 15 is 0 Å². The summed E-state index contributed by atoms with van der Waals surface area (Å²) in [4.78, 5) is 11.5. The van der Waals surface area contributed by atoms with Crippen molar-refractivity contribution in [3.63, 3.8) is 0 Å². The van der Waals surface area contributed by atoms with Crippen molar-refractivity contribution in [2.75, 3.05) is 19.8 Å². The number of carbonyl (C=O) groups is 1. The van der Waals surface area contributed by atoms with Crippen molar-refractivity contribution in [2.24, 2.45) is 0 Å². The van der Waals surface area contributed by atoms with Crippen LogP contribution >= 0.6 is 11.6 Å². The molecule has 0 radical (unpaired) electrons. The van der Waals surface area contributed by atoms with E-state index in [4.69, 9.17) is 30.2 Å². The lowest BCUT2D eigenvalue weighted by Crippen LogP contribution is -2.58. The van der Waals surface area contributed by atoms with E-state index in [-0.39, 0.29) is 13.2 Å².